The summed E-state index contributed by atoms with van der Waals surface area (Å²) in [4.78, 5) is 21.5. The monoisotopic (exact) mass is 299 g/mol. The third kappa shape index (κ3) is 2.64. The number of hydrogen-bond donors (Lipinski definition) is 1. The molecule has 0 aromatic carbocycles. The molecule has 102 valence electrons. The highest BCUT2D eigenvalue weighted by Gasteiger charge is 2.20. The fraction of sp³-hybridized carbons (Fsp3) is 0.417. The van der Waals surface area contributed by atoms with E-state index in [0.717, 1.165) is 17.4 Å². The van der Waals surface area contributed by atoms with Gasteiger partial charge in [-0.25, -0.2) is 14.8 Å². The van der Waals surface area contributed by atoms with Crippen LogP contribution in [0.2, 0.25) is 5.28 Å². The molecule has 0 amide bonds. The molecule has 2 rings (SSSR count). The molecule has 0 saturated heterocycles. The Bertz CT molecular complexity index is 627. The number of fused-ring (bicyclic) bond motifs is 1. The number of carbonyl (C=O) groups excluding carboxylic acids is 1. The van der Waals surface area contributed by atoms with Gasteiger partial charge in [0.05, 0.1) is 12.0 Å². The van der Waals surface area contributed by atoms with Gasteiger partial charge in [0.2, 0.25) is 5.28 Å². The van der Waals surface area contributed by atoms with E-state index in [0.29, 0.717) is 22.1 Å². The largest absolute Gasteiger partial charge is 0.462 e. The van der Waals surface area contributed by atoms with Crippen LogP contribution in [-0.4, -0.2) is 29.6 Å². The van der Waals surface area contributed by atoms with E-state index in [9.17, 15) is 4.79 Å². The Morgan fingerprint density at radius 2 is 2.21 bits per heavy atom. The van der Waals surface area contributed by atoms with Gasteiger partial charge in [0.1, 0.15) is 15.5 Å². The minimum atomic E-state index is -0.319. The molecule has 0 aliphatic carbocycles. The van der Waals surface area contributed by atoms with E-state index in [2.05, 4.69) is 15.3 Å². The molecule has 1 N–H and O–H groups in total. The Hall–Kier alpha value is -1.40. The van der Waals surface area contributed by atoms with Gasteiger partial charge in [-0.3, -0.25) is 0 Å². The molecule has 2 aromatic rings. The van der Waals surface area contributed by atoms with Crippen LogP contribution in [0.25, 0.3) is 10.2 Å². The summed E-state index contributed by atoms with van der Waals surface area (Å²) >= 11 is 7.13. The van der Waals surface area contributed by atoms with E-state index in [1.165, 1.54) is 11.3 Å². The summed E-state index contributed by atoms with van der Waals surface area (Å²) in [7, 11) is 1.75. The van der Waals surface area contributed by atoms with E-state index < -0.39 is 0 Å². The number of rotatable bonds is 4. The highest BCUT2D eigenvalue weighted by atomic mass is 35.5. The van der Waals surface area contributed by atoms with Crippen LogP contribution < -0.4 is 5.32 Å². The van der Waals surface area contributed by atoms with Crippen molar-refractivity contribution in [1.82, 2.24) is 9.97 Å². The summed E-state index contributed by atoms with van der Waals surface area (Å²) in [5, 5.41) is 3.94. The smallest absolute Gasteiger partial charge is 0.348 e. The predicted octanol–water partition coefficient (Wildman–Crippen LogP) is 3.26. The Morgan fingerprint density at radius 1 is 1.47 bits per heavy atom. The fourth-order valence-corrected chi connectivity index (χ4v) is 3.04. The van der Waals surface area contributed by atoms with Gasteiger partial charge in [0, 0.05) is 7.05 Å². The molecule has 0 saturated carbocycles. The molecule has 19 heavy (non-hydrogen) atoms. The summed E-state index contributed by atoms with van der Waals surface area (Å²) in [6.45, 7) is 4.23. The second-order valence-electron chi connectivity index (χ2n) is 3.96. The molecular weight excluding hydrogens is 286 g/mol. The Kier molecular flexibility index (Phi) is 4.21. The van der Waals surface area contributed by atoms with Crippen LogP contribution in [0.15, 0.2) is 0 Å². The van der Waals surface area contributed by atoms with Crippen molar-refractivity contribution in [2.24, 2.45) is 0 Å². The molecular formula is C12H14ClN3O2S. The second kappa shape index (κ2) is 5.71. The van der Waals surface area contributed by atoms with Crippen molar-refractivity contribution < 1.29 is 9.53 Å². The topological polar surface area (TPSA) is 64.1 Å². The third-order valence-corrected chi connectivity index (χ3v) is 3.96. The summed E-state index contributed by atoms with van der Waals surface area (Å²) in [6, 6.07) is 0. The number of esters is 1. The molecule has 0 fully saturated rings. The Balaban J connectivity index is 2.53. The van der Waals surface area contributed by atoms with Crippen LogP contribution in [0, 0.1) is 6.92 Å². The van der Waals surface area contributed by atoms with E-state index >= 15 is 0 Å². The van der Waals surface area contributed by atoms with Crippen molar-refractivity contribution in [2.45, 2.75) is 20.3 Å². The highest BCUT2D eigenvalue weighted by molar-refractivity contribution is 7.20. The second-order valence-corrected chi connectivity index (χ2v) is 5.30. The average Bonchev–Trinajstić information content (AvgIpc) is 2.72. The number of nitrogens with one attached hydrogen (secondary N) is 1. The summed E-state index contributed by atoms with van der Waals surface area (Å²) in [6.07, 6.45) is 0.795. The van der Waals surface area contributed by atoms with Crippen molar-refractivity contribution in [1.29, 1.82) is 0 Å². The molecule has 0 aliphatic rings. The van der Waals surface area contributed by atoms with Crippen molar-refractivity contribution >= 4 is 44.9 Å². The standard InChI is InChI=1S/C12H14ClN3O2S/c1-4-5-18-11(17)8-6(2)7-9(14-3)15-12(13)16-10(7)19-8/h4-5H2,1-3H3,(H,14,15,16). The number of anilines is 1. The van der Waals surface area contributed by atoms with Gasteiger partial charge in [-0.05, 0) is 30.5 Å². The molecule has 0 atom stereocenters. The van der Waals surface area contributed by atoms with Gasteiger partial charge in [-0.15, -0.1) is 11.3 Å². The van der Waals surface area contributed by atoms with Crippen molar-refractivity contribution in [3.8, 4) is 0 Å². The first-order valence-corrected chi connectivity index (χ1v) is 7.09. The number of hydrogen-bond acceptors (Lipinski definition) is 6. The molecule has 2 aromatic heterocycles. The van der Waals surface area contributed by atoms with Crippen LogP contribution in [0.3, 0.4) is 0 Å². The first-order valence-electron chi connectivity index (χ1n) is 5.90. The lowest BCUT2D eigenvalue weighted by atomic mass is 10.2. The molecule has 5 nitrogen and oxygen atoms in total. The lowest BCUT2D eigenvalue weighted by Crippen LogP contribution is -2.05. The molecule has 0 unspecified atom stereocenters. The number of thiophene rings is 1. The minimum Gasteiger partial charge on any atom is -0.462 e. The normalized spacial score (nSPS) is 10.7. The lowest BCUT2D eigenvalue weighted by molar-refractivity contribution is 0.0510. The maximum absolute atomic E-state index is 12.0. The summed E-state index contributed by atoms with van der Waals surface area (Å²) in [5.41, 5.74) is 0.821. The lowest BCUT2D eigenvalue weighted by Gasteiger charge is -2.03. The molecule has 0 spiro atoms. The average molecular weight is 300 g/mol. The third-order valence-electron chi connectivity index (χ3n) is 2.62. The van der Waals surface area contributed by atoms with Crippen LogP contribution in [0.1, 0.15) is 28.6 Å². The van der Waals surface area contributed by atoms with Crippen LogP contribution in [0.4, 0.5) is 5.82 Å². The number of aromatic nitrogens is 2. The molecule has 0 aliphatic heterocycles. The first-order chi connectivity index (χ1) is 9.08. The minimum absolute atomic E-state index is 0.159. The first kappa shape index (κ1) is 14.0. The SMILES string of the molecule is CCCOC(=O)c1sc2nc(Cl)nc(NC)c2c1C. The highest BCUT2D eigenvalue weighted by Crippen LogP contribution is 2.34. The van der Waals surface area contributed by atoms with Crippen LogP contribution in [0.5, 0.6) is 0 Å². The molecule has 7 heteroatoms. The van der Waals surface area contributed by atoms with Crippen LogP contribution in [-0.2, 0) is 4.74 Å². The summed E-state index contributed by atoms with van der Waals surface area (Å²) < 4.78 is 5.16. The zero-order valence-corrected chi connectivity index (χ0v) is 12.5. The summed E-state index contributed by atoms with van der Waals surface area (Å²) in [5.74, 6) is 0.304. The van der Waals surface area contributed by atoms with Gasteiger partial charge in [-0.1, -0.05) is 6.92 Å². The number of aryl methyl sites for hydroxylation is 1. The van der Waals surface area contributed by atoms with Gasteiger partial charge in [-0.2, -0.15) is 0 Å². The Labute approximate surface area is 120 Å². The van der Waals surface area contributed by atoms with Gasteiger partial charge >= 0.3 is 5.97 Å². The zero-order chi connectivity index (χ0) is 14.0. The quantitative estimate of drug-likeness (QED) is 0.693. The van der Waals surface area contributed by atoms with E-state index in [-0.39, 0.29) is 11.3 Å². The molecule has 2 heterocycles. The van der Waals surface area contributed by atoms with Gasteiger partial charge < -0.3 is 10.1 Å². The van der Waals surface area contributed by atoms with Crippen LogP contribution >= 0.6 is 22.9 Å². The van der Waals surface area contributed by atoms with E-state index in [4.69, 9.17) is 16.3 Å². The number of nitrogens with zero attached hydrogens (tertiary/aromatic N) is 2. The van der Waals surface area contributed by atoms with Crippen molar-refractivity contribution in [3.63, 3.8) is 0 Å². The predicted molar refractivity (Wildman–Crippen MR) is 77.3 cm³/mol. The van der Waals surface area contributed by atoms with Crippen molar-refractivity contribution in [3.05, 3.63) is 15.7 Å². The maximum atomic E-state index is 12.0. The number of halogens is 1. The number of ether oxygens (including phenoxy) is 1. The zero-order valence-electron chi connectivity index (χ0n) is 10.9. The fourth-order valence-electron chi connectivity index (χ4n) is 1.75. The maximum Gasteiger partial charge on any atom is 0.348 e. The van der Waals surface area contributed by atoms with E-state index in [1.807, 2.05) is 13.8 Å². The molecule has 0 radical (unpaired) electrons. The van der Waals surface area contributed by atoms with Gasteiger partial charge in [0.25, 0.3) is 0 Å². The number of carbonyl (C=O) groups is 1. The van der Waals surface area contributed by atoms with Gasteiger partial charge in [0.15, 0.2) is 0 Å². The van der Waals surface area contributed by atoms with Crippen molar-refractivity contribution in [2.75, 3.05) is 19.0 Å². The molecule has 0 bridgehead atoms. The Morgan fingerprint density at radius 3 is 2.84 bits per heavy atom. The van der Waals surface area contributed by atoms with E-state index in [1.54, 1.807) is 7.05 Å².